The maximum Gasteiger partial charge on any atom is 0.0545 e. The fourth-order valence-corrected chi connectivity index (χ4v) is 3.02. The molecule has 0 saturated heterocycles. The Labute approximate surface area is 124 Å². The number of nitrogens with one attached hydrogen (secondary N) is 1. The van der Waals surface area contributed by atoms with E-state index in [1.165, 1.54) is 11.1 Å². The van der Waals surface area contributed by atoms with E-state index in [0.29, 0.717) is 0 Å². The summed E-state index contributed by atoms with van der Waals surface area (Å²) in [5.41, 5.74) is 2.55. The second kappa shape index (κ2) is 7.59. The van der Waals surface area contributed by atoms with Crippen LogP contribution in [0, 0.1) is 0 Å². The van der Waals surface area contributed by atoms with E-state index in [-0.39, 0.29) is 0 Å². The summed E-state index contributed by atoms with van der Waals surface area (Å²) >= 11 is 8.11. The Morgan fingerprint density at radius 3 is 2.53 bits per heavy atom. The Hall–Kier alpha value is -0.960. The van der Waals surface area contributed by atoms with E-state index in [2.05, 4.69) is 54.7 Å². The highest BCUT2D eigenvalue weighted by atomic mass is 35.5. The molecule has 19 heavy (non-hydrogen) atoms. The minimum Gasteiger partial charge on any atom is -0.313 e. The van der Waals surface area contributed by atoms with Crippen molar-refractivity contribution in [3.8, 4) is 0 Å². The van der Waals surface area contributed by atoms with Crippen LogP contribution in [0.25, 0.3) is 0 Å². The van der Waals surface area contributed by atoms with Crippen molar-refractivity contribution >= 4 is 23.4 Å². The SMILES string of the molecule is CCNCc1ccc(SCc2ccccc2)c(Cl)c1. The van der Waals surface area contributed by atoms with Gasteiger partial charge in [-0.3, -0.25) is 0 Å². The summed E-state index contributed by atoms with van der Waals surface area (Å²) in [4.78, 5) is 1.14. The van der Waals surface area contributed by atoms with Gasteiger partial charge in [0.25, 0.3) is 0 Å². The van der Waals surface area contributed by atoms with Crippen molar-refractivity contribution < 1.29 is 0 Å². The summed E-state index contributed by atoms with van der Waals surface area (Å²) in [6.45, 7) is 3.95. The molecule has 1 N–H and O–H groups in total. The highest BCUT2D eigenvalue weighted by Crippen LogP contribution is 2.30. The Morgan fingerprint density at radius 2 is 1.84 bits per heavy atom. The van der Waals surface area contributed by atoms with Crippen LogP contribution in [0.2, 0.25) is 5.02 Å². The summed E-state index contributed by atoms with van der Waals surface area (Å²) in [5, 5.41) is 4.15. The van der Waals surface area contributed by atoms with E-state index in [0.717, 1.165) is 28.8 Å². The fraction of sp³-hybridized carbons (Fsp3) is 0.250. The van der Waals surface area contributed by atoms with Crippen molar-refractivity contribution in [2.45, 2.75) is 24.1 Å². The summed E-state index contributed by atoms with van der Waals surface area (Å²) in [7, 11) is 0. The van der Waals surface area contributed by atoms with Crippen LogP contribution in [-0.4, -0.2) is 6.54 Å². The molecule has 0 heterocycles. The predicted octanol–water partition coefficient (Wildman–Crippen LogP) is 4.74. The number of rotatable bonds is 6. The number of thioether (sulfide) groups is 1. The van der Waals surface area contributed by atoms with Crippen molar-refractivity contribution in [1.29, 1.82) is 0 Å². The second-order valence-corrected chi connectivity index (χ2v) is 5.74. The van der Waals surface area contributed by atoms with Crippen LogP contribution in [0.5, 0.6) is 0 Å². The molecule has 0 aliphatic heterocycles. The lowest BCUT2D eigenvalue weighted by molar-refractivity contribution is 0.726. The molecule has 0 fully saturated rings. The maximum atomic E-state index is 6.33. The molecule has 1 nitrogen and oxygen atoms in total. The second-order valence-electron chi connectivity index (χ2n) is 4.32. The van der Waals surface area contributed by atoms with Crippen molar-refractivity contribution in [2.75, 3.05) is 6.54 Å². The van der Waals surface area contributed by atoms with Gasteiger partial charge in [-0.05, 0) is 29.8 Å². The number of hydrogen-bond acceptors (Lipinski definition) is 2. The molecule has 100 valence electrons. The zero-order chi connectivity index (χ0) is 13.5. The molecular formula is C16H18ClNS. The van der Waals surface area contributed by atoms with Crippen molar-refractivity contribution in [3.63, 3.8) is 0 Å². The number of hydrogen-bond donors (Lipinski definition) is 1. The van der Waals surface area contributed by atoms with Gasteiger partial charge in [-0.2, -0.15) is 0 Å². The van der Waals surface area contributed by atoms with Gasteiger partial charge in [0.1, 0.15) is 0 Å². The van der Waals surface area contributed by atoms with E-state index in [1.807, 2.05) is 6.07 Å². The summed E-state index contributed by atoms with van der Waals surface area (Å²) in [6.07, 6.45) is 0. The molecule has 0 amide bonds. The summed E-state index contributed by atoms with van der Waals surface area (Å²) < 4.78 is 0. The van der Waals surface area contributed by atoms with Crippen LogP contribution in [0.1, 0.15) is 18.1 Å². The molecule has 0 spiro atoms. The molecule has 0 atom stereocenters. The summed E-state index contributed by atoms with van der Waals surface area (Å²) in [6, 6.07) is 16.8. The lowest BCUT2D eigenvalue weighted by atomic mass is 10.2. The van der Waals surface area contributed by atoms with E-state index in [1.54, 1.807) is 11.8 Å². The fourth-order valence-electron chi connectivity index (χ4n) is 1.78. The third-order valence-corrected chi connectivity index (χ3v) is 4.38. The van der Waals surface area contributed by atoms with Crippen LogP contribution in [0.15, 0.2) is 53.4 Å². The van der Waals surface area contributed by atoms with Gasteiger partial charge >= 0.3 is 0 Å². The third kappa shape index (κ3) is 4.57. The van der Waals surface area contributed by atoms with Crippen LogP contribution in [0.3, 0.4) is 0 Å². The van der Waals surface area contributed by atoms with E-state index < -0.39 is 0 Å². The topological polar surface area (TPSA) is 12.0 Å². The zero-order valence-electron chi connectivity index (χ0n) is 11.0. The quantitative estimate of drug-likeness (QED) is 0.771. The molecular weight excluding hydrogens is 274 g/mol. The molecule has 0 saturated carbocycles. The highest BCUT2D eigenvalue weighted by Gasteiger charge is 2.03. The van der Waals surface area contributed by atoms with Gasteiger partial charge in [-0.15, -0.1) is 11.8 Å². The van der Waals surface area contributed by atoms with E-state index >= 15 is 0 Å². The Morgan fingerprint density at radius 1 is 1.05 bits per heavy atom. The molecule has 3 heteroatoms. The van der Waals surface area contributed by atoms with Gasteiger partial charge < -0.3 is 5.32 Å². The number of halogens is 1. The Bertz CT molecular complexity index is 513. The Balaban J connectivity index is 1.97. The lowest BCUT2D eigenvalue weighted by Gasteiger charge is -2.07. The third-order valence-electron chi connectivity index (χ3n) is 2.81. The average Bonchev–Trinajstić information content (AvgIpc) is 2.45. The molecule has 0 radical (unpaired) electrons. The van der Waals surface area contributed by atoms with Gasteiger partial charge in [-0.25, -0.2) is 0 Å². The zero-order valence-corrected chi connectivity index (χ0v) is 12.6. The molecule has 0 aliphatic carbocycles. The van der Waals surface area contributed by atoms with Crippen LogP contribution in [-0.2, 0) is 12.3 Å². The standard InChI is InChI=1S/C16H18ClNS/c1-2-18-11-14-8-9-16(15(17)10-14)19-12-13-6-4-3-5-7-13/h3-10,18H,2,11-12H2,1H3. The average molecular weight is 292 g/mol. The molecule has 2 aromatic carbocycles. The van der Waals surface area contributed by atoms with Gasteiger partial charge in [-0.1, -0.05) is 54.9 Å². The first-order chi connectivity index (χ1) is 9.29. The van der Waals surface area contributed by atoms with Crippen molar-refractivity contribution in [1.82, 2.24) is 5.32 Å². The first-order valence-electron chi connectivity index (χ1n) is 6.45. The smallest absolute Gasteiger partial charge is 0.0545 e. The Kier molecular flexibility index (Phi) is 5.77. The van der Waals surface area contributed by atoms with Crippen molar-refractivity contribution in [2.24, 2.45) is 0 Å². The minimum absolute atomic E-state index is 0.844. The monoisotopic (exact) mass is 291 g/mol. The van der Waals surface area contributed by atoms with Crippen LogP contribution >= 0.6 is 23.4 Å². The van der Waals surface area contributed by atoms with Crippen molar-refractivity contribution in [3.05, 3.63) is 64.7 Å². The lowest BCUT2D eigenvalue weighted by Crippen LogP contribution is -2.11. The minimum atomic E-state index is 0.844. The van der Waals surface area contributed by atoms with E-state index in [4.69, 9.17) is 11.6 Å². The van der Waals surface area contributed by atoms with Gasteiger partial charge in [0, 0.05) is 17.2 Å². The first-order valence-corrected chi connectivity index (χ1v) is 7.82. The first kappa shape index (κ1) is 14.4. The van der Waals surface area contributed by atoms with Crippen LogP contribution < -0.4 is 5.32 Å². The molecule has 0 unspecified atom stereocenters. The van der Waals surface area contributed by atoms with Crippen LogP contribution in [0.4, 0.5) is 0 Å². The molecule has 0 aromatic heterocycles. The van der Waals surface area contributed by atoms with Gasteiger partial charge in [0.2, 0.25) is 0 Å². The maximum absolute atomic E-state index is 6.33. The van der Waals surface area contributed by atoms with E-state index in [9.17, 15) is 0 Å². The molecule has 0 aliphatic rings. The summed E-state index contributed by atoms with van der Waals surface area (Å²) in [5.74, 6) is 0.952. The largest absolute Gasteiger partial charge is 0.313 e. The molecule has 2 rings (SSSR count). The number of benzene rings is 2. The normalized spacial score (nSPS) is 10.6. The van der Waals surface area contributed by atoms with Gasteiger partial charge in [0.05, 0.1) is 5.02 Å². The predicted molar refractivity (Wildman–Crippen MR) is 84.8 cm³/mol. The molecule has 2 aromatic rings. The highest BCUT2D eigenvalue weighted by molar-refractivity contribution is 7.98. The van der Waals surface area contributed by atoms with Gasteiger partial charge in [0.15, 0.2) is 0 Å². The molecule has 0 bridgehead atoms.